The van der Waals surface area contributed by atoms with Crippen molar-refractivity contribution in [1.29, 1.82) is 0 Å². The molecule has 2 aromatic heterocycles. The largest absolute Gasteiger partial charge is 0.459 e. The summed E-state index contributed by atoms with van der Waals surface area (Å²) in [6, 6.07) is 5.51. The molecule has 1 aromatic carbocycles. The Morgan fingerprint density at radius 2 is 2.26 bits per heavy atom. The van der Waals surface area contributed by atoms with Crippen molar-refractivity contribution in [2.75, 3.05) is 0 Å². The van der Waals surface area contributed by atoms with E-state index < -0.39 is 11.6 Å². The van der Waals surface area contributed by atoms with Gasteiger partial charge < -0.3 is 19.3 Å². The zero-order valence-corrected chi connectivity index (χ0v) is 15.1. The first-order valence-electron chi connectivity index (χ1n) is 8.60. The molecule has 5 nitrogen and oxygen atoms in total. The van der Waals surface area contributed by atoms with Crippen LogP contribution in [0.4, 0.5) is 8.78 Å². The van der Waals surface area contributed by atoms with Crippen molar-refractivity contribution in [3.8, 4) is 0 Å². The zero-order valence-electron chi connectivity index (χ0n) is 14.3. The second kappa shape index (κ2) is 7.11. The van der Waals surface area contributed by atoms with Crippen LogP contribution in [-0.4, -0.2) is 15.5 Å². The molecule has 1 aliphatic rings. The number of imidazole rings is 1. The molecule has 3 aromatic rings. The minimum Gasteiger partial charge on any atom is -0.459 e. The van der Waals surface area contributed by atoms with Crippen molar-refractivity contribution in [1.82, 2.24) is 14.9 Å². The van der Waals surface area contributed by atoms with E-state index >= 15 is 0 Å². The number of nitrogens with one attached hydrogen (secondary N) is 2. The molecule has 0 unspecified atom stereocenters. The van der Waals surface area contributed by atoms with Gasteiger partial charge in [0, 0.05) is 18.3 Å². The average molecular weight is 389 g/mol. The molecule has 27 heavy (non-hydrogen) atoms. The zero-order chi connectivity index (χ0) is 19.0. The molecule has 0 aliphatic heterocycles. The van der Waals surface area contributed by atoms with Crippen LogP contribution >= 0.6 is 12.2 Å². The summed E-state index contributed by atoms with van der Waals surface area (Å²) >= 11 is 5.39. The summed E-state index contributed by atoms with van der Waals surface area (Å²) in [5, 5.41) is 2.79. The monoisotopic (exact) mass is 389 g/mol. The summed E-state index contributed by atoms with van der Waals surface area (Å²) in [6.07, 6.45) is 4.85. The predicted octanol–water partition coefficient (Wildman–Crippen LogP) is 4.08. The third-order valence-corrected chi connectivity index (χ3v) is 5.18. The molecule has 0 radical (unpaired) electrons. The second-order valence-electron chi connectivity index (χ2n) is 6.54. The molecule has 140 valence electrons. The maximum absolute atomic E-state index is 14.0. The van der Waals surface area contributed by atoms with Gasteiger partial charge in [0.25, 0.3) is 5.91 Å². The number of amides is 1. The normalized spacial score (nSPS) is 16.1. The highest BCUT2D eigenvalue weighted by molar-refractivity contribution is 7.71. The van der Waals surface area contributed by atoms with Gasteiger partial charge in [-0.3, -0.25) is 4.79 Å². The van der Waals surface area contributed by atoms with Gasteiger partial charge in [0.1, 0.15) is 11.6 Å². The van der Waals surface area contributed by atoms with Gasteiger partial charge in [0.2, 0.25) is 0 Å². The van der Waals surface area contributed by atoms with Gasteiger partial charge in [0.15, 0.2) is 10.5 Å². The molecule has 1 aliphatic carbocycles. The Morgan fingerprint density at radius 3 is 3.04 bits per heavy atom. The SMILES string of the molecule is O=C(NCc1c[nH]c(=S)n1[C@H]1CCc2c(F)cc(F)cc2C1)c1ccco1. The van der Waals surface area contributed by atoms with Crippen LogP contribution in [-0.2, 0) is 19.4 Å². The number of halogens is 2. The maximum atomic E-state index is 14.0. The number of rotatable bonds is 4. The number of furan rings is 1. The number of benzene rings is 1. The molecule has 2 N–H and O–H groups in total. The fourth-order valence-electron chi connectivity index (χ4n) is 3.62. The highest BCUT2D eigenvalue weighted by Gasteiger charge is 2.25. The molecular weight excluding hydrogens is 372 g/mol. The van der Waals surface area contributed by atoms with E-state index in [9.17, 15) is 13.6 Å². The van der Waals surface area contributed by atoms with E-state index in [1.54, 1.807) is 18.3 Å². The number of hydrogen-bond acceptors (Lipinski definition) is 3. The fraction of sp³-hybridized carbons (Fsp3) is 0.263. The molecule has 0 saturated heterocycles. The van der Waals surface area contributed by atoms with E-state index in [-0.39, 0.29) is 24.3 Å². The van der Waals surface area contributed by atoms with Crippen molar-refractivity contribution < 1.29 is 18.0 Å². The molecule has 1 amide bonds. The van der Waals surface area contributed by atoms with Crippen LogP contribution in [0.25, 0.3) is 0 Å². The standard InChI is InChI=1S/C19H17F2N3O2S/c20-12-6-11-7-13(3-4-15(11)16(21)8-12)24-14(10-23-19(24)27)9-22-18(25)17-2-1-5-26-17/h1-2,5-6,8,10,13H,3-4,7,9H2,(H,22,25)(H,23,27)/t13-/m0/s1. The summed E-state index contributed by atoms with van der Waals surface area (Å²) in [5.41, 5.74) is 2.03. The number of carbonyl (C=O) groups is 1. The number of aromatic amines is 1. The summed E-state index contributed by atoms with van der Waals surface area (Å²) in [7, 11) is 0. The first-order chi connectivity index (χ1) is 13.0. The molecule has 0 fully saturated rings. The Balaban J connectivity index is 1.55. The van der Waals surface area contributed by atoms with Gasteiger partial charge in [-0.1, -0.05) is 0 Å². The minimum absolute atomic E-state index is 0.0343. The predicted molar refractivity (Wildman–Crippen MR) is 96.9 cm³/mol. The van der Waals surface area contributed by atoms with Crippen LogP contribution in [0.5, 0.6) is 0 Å². The topological polar surface area (TPSA) is 63.0 Å². The Morgan fingerprint density at radius 1 is 1.41 bits per heavy atom. The van der Waals surface area contributed by atoms with E-state index in [1.165, 1.54) is 12.3 Å². The van der Waals surface area contributed by atoms with E-state index in [4.69, 9.17) is 16.6 Å². The Kier molecular flexibility index (Phi) is 4.65. The van der Waals surface area contributed by atoms with Crippen molar-refractivity contribution in [2.45, 2.75) is 31.8 Å². The van der Waals surface area contributed by atoms with Gasteiger partial charge in [-0.05, 0) is 60.8 Å². The van der Waals surface area contributed by atoms with Gasteiger partial charge in [0.05, 0.1) is 18.5 Å². The smallest absolute Gasteiger partial charge is 0.287 e. The first-order valence-corrected chi connectivity index (χ1v) is 9.01. The Labute approximate surface area is 159 Å². The number of H-pyrrole nitrogens is 1. The molecule has 0 bridgehead atoms. The molecule has 8 heteroatoms. The van der Waals surface area contributed by atoms with Crippen LogP contribution < -0.4 is 5.32 Å². The lowest BCUT2D eigenvalue weighted by molar-refractivity contribution is 0.0922. The summed E-state index contributed by atoms with van der Waals surface area (Å²) in [6.45, 7) is 0.257. The molecule has 1 atom stereocenters. The van der Waals surface area contributed by atoms with Crippen molar-refractivity contribution >= 4 is 18.1 Å². The number of fused-ring (bicyclic) bond motifs is 1. The van der Waals surface area contributed by atoms with E-state index in [0.717, 1.165) is 11.8 Å². The summed E-state index contributed by atoms with van der Waals surface area (Å²) < 4.78 is 35.1. The minimum atomic E-state index is -0.574. The summed E-state index contributed by atoms with van der Waals surface area (Å²) in [4.78, 5) is 15.1. The third kappa shape index (κ3) is 3.44. The van der Waals surface area contributed by atoms with E-state index in [1.807, 2.05) is 4.57 Å². The number of aromatic nitrogens is 2. The van der Waals surface area contributed by atoms with Crippen LogP contribution in [0.3, 0.4) is 0 Å². The molecular formula is C19H17F2N3O2S. The van der Waals surface area contributed by atoms with Crippen LogP contribution in [0, 0.1) is 16.4 Å². The molecule has 0 spiro atoms. The molecule has 2 heterocycles. The van der Waals surface area contributed by atoms with E-state index in [0.29, 0.717) is 35.2 Å². The quantitative estimate of drug-likeness (QED) is 0.661. The second-order valence-corrected chi connectivity index (χ2v) is 6.92. The van der Waals surface area contributed by atoms with Crippen molar-refractivity contribution in [3.63, 3.8) is 0 Å². The lowest BCUT2D eigenvalue weighted by Gasteiger charge is -2.27. The van der Waals surface area contributed by atoms with Crippen LogP contribution in [0.1, 0.15) is 39.8 Å². The average Bonchev–Trinajstić information content (AvgIpc) is 3.29. The van der Waals surface area contributed by atoms with Gasteiger partial charge >= 0.3 is 0 Å². The van der Waals surface area contributed by atoms with Gasteiger partial charge in [-0.25, -0.2) is 8.78 Å². The highest BCUT2D eigenvalue weighted by atomic mass is 32.1. The number of nitrogens with zero attached hydrogens (tertiary/aromatic N) is 1. The van der Waals surface area contributed by atoms with Crippen molar-refractivity contribution in [2.24, 2.45) is 0 Å². The van der Waals surface area contributed by atoms with Gasteiger partial charge in [-0.2, -0.15) is 0 Å². The lowest BCUT2D eigenvalue weighted by Crippen LogP contribution is -2.26. The first kappa shape index (κ1) is 17.7. The Hall–Kier alpha value is -2.74. The van der Waals surface area contributed by atoms with E-state index in [2.05, 4.69) is 10.3 Å². The highest BCUT2D eigenvalue weighted by Crippen LogP contribution is 2.32. The number of hydrogen-bond donors (Lipinski definition) is 2. The third-order valence-electron chi connectivity index (χ3n) is 4.87. The maximum Gasteiger partial charge on any atom is 0.287 e. The lowest BCUT2D eigenvalue weighted by atomic mass is 9.87. The number of carbonyl (C=O) groups excluding carboxylic acids is 1. The molecule has 0 saturated carbocycles. The summed E-state index contributed by atoms with van der Waals surface area (Å²) in [5.74, 6) is -1.16. The van der Waals surface area contributed by atoms with Gasteiger partial charge in [-0.15, -0.1) is 0 Å². The van der Waals surface area contributed by atoms with Crippen LogP contribution in [0.2, 0.25) is 0 Å². The fourth-order valence-corrected chi connectivity index (χ4v) is 3.95. The van der Waals surface area contributed by atoms with Crippen LogP contribution in [0.15, 0.2) is 41.1 Å². The Bertz CT molecular complexity index is 1040. The molecule has 4 rings (SSSR count). The van der Waals surface area contributed by atoms with Crippen molar-refractivity contribution in [3.05, 3.63) is 75.7 Å².